The fraction of sp³-hybridized carbons (Fsp3) is 1.00. The molecule has 1 saturated heterocycles. The lowest BCUT2D eigenvalue weighted by atomic mass is 9.58. The second kappa shape index (κ2) is 3.95. The number of aliphatic hydroxyl groups is 1. The number of hydrogen-bond donors (Lipinski definition) is 1. The number of rotatable bonds is 2. The van der Waals surface area contributed by atoms with Crippen LogP contribution in [0.3, 0.4) is 0 Å². The third-order valence-corrected chi connectivity index (χ3v) is 4.75. The Kier molecular flexibility index (Phi) is 2.70. The highest BCUT2D eigenvalue weighted by molar-refractivity contribution is 5.02. The van der Waals surface area contributed by atoms with Gasteiger partial charge in [-0.3, -0.25) is 0 Å². The summed E-state index contributed by atoms with van der Waals surface area (Å²) in [6, 6.07) is 0. The first-order chi connectivity index (χ1) is 7.76. The van der Waals surface area contributed by atoms with Gasteiger partial charge in [0.2, 0.25) is 0 Å². The summed E-state index contributed by atoms with van der Waals surface area (Å²) in [5.74, 6) is 1.60. The molecule has 16 heavy (non-hydrogen) atoms. The van der Waals surface area contributed by atoms with Crippen LogP contribution in [-0.4, -0.2) is 38.0 Å². The molecule has 0 radical (unpaired) electrons. The van der Waals surface area contributed by atoms with Gasteiger partial charge in [-0.1, -0.05) is 0 Å². The van der Waals surface area contributed by atoms with E-state index in [1.54, 1.807) is 14.2 Å². The summed E-state index contributed by atoms with van der Waals surface area (Å²) in [5.41, 5.74) is 0. The van der Waals surface area contributed by atoms with Gasteiger partial charge < -0.3 is 19.3 Å². The zero-order valence-corrected chi connectivity index (χ0v) is 9.83. The Morgan fingerprint density at radius 3 is 2.38 bits per heavy atom. The molecule has 3 saturated carbocycles. The van der Waals surface area contributed by atoms with Crippen LogP contribution in [-0.2, 0) is 14.2 Å². The van der Waals surface area contributed by atoms with Crippen LogP contribution in [0.25, 0.3) is 0 Å². The van der Waals surface area contributed by atoms with Crippen molar-refractivity contribution in [1.82, 2.24) is 0 Å². The van der Waals surface area contributed by atoms with Crippen molar-refractivity contribution in [3.8, 4) is 0 Å². The standard InChI is InChI=1S/C12H20O4/c1-14-11-9-6-3-4-7(8(13)5-6)10(9)12(15-2)16-11/h6-13H,3-5H2,1-2H3. The molecular weight excluding hydrogens is 208 g/mol. The second-order valence-corrected chi connectivity index (χ2v) is 5.30. The lowest BCUT2D eigenvalue weighted by Gasteiger charge is -2.49. The predicted molar refractivity (Wildman–Crippen MR) is 56.5 cm³/mol. The van der Waals surface area contributed by atoms with Gasteiger partial charge in [0.15, 0.2) is 12.6 Å². The van der Waals surface area contributed by atoms with Crippen molar-refractivity contribution in [2.24, 2.45) is 23.7 Å². The number of fused-ring (bicyclic) bond motifs is 2. The molecular formula is C12H20O4. The molecule has 4 aliphatic rings. The maximum atomic E-state index is 10.1. The van der Waals surface area contributed by atoms with Gasteiger partial charge in [0.25, 0.3) is 0 Å². The van der Waals surface area contributed by atoms with Crippen molar-refractivity contribution in [2.75, 3.05) is 14.2 Å². The third-order valence-electron chi connectivity index (χ3n) is 4.75. The Hall–Kier alpha value is -0.160. The van der Waals surface area contributed by atoms with E-state index in [0.29, 0.717) is 23.7 Å². The average Bonchev–Trinajstić information content (AvgIpc) is 2.69. The zero-order valence-electron chi connectivity index (χ0n) is 9.83. The Morgan fingerprint density at radius 1 is 1.06 bits per heavy atom. The van der Waals surface area contributed by atoms with Crippen LogP contribution in [0.4, 0.5) is 0 Å². The normalized spacial score (nSPS) is 55.3. The average molecular weight is 228 g/mol. The molecule has 4 nitrogen and oxygen atoms in total. The summed E-state index contributed by atoms with van der Waals surface area (Å²) in [7, 11) is 3.37. The van der Waals surface area contributed by atoms with Crippen LogP contribution in [0.1, 0.15) is 19.3 Å². The molecule has 3 aliphatic carbocycles. The van der Waals surface area contributed by atoms with Crippen molar-refractivity contribution < 1.29 is 19.3 Å². The van der Waals surface area contributed by atoms with Crippen molar-refractivity contribution in [3.05, 3.63) is 0 Å². The van der Waals surface area contributed by atoms with E-state index in [-0.39, 0.29) is 18.7 Å². The van der Waals surface area contributed by atoms with Gasteiger partial charge in [0, 0.05) is 26.1 Å². The van der Waals surface area contributed by atoms with Gasteiger partial charge >= 0.3 is 0 Å². The third kappa shape index (κ3) is 1.37. The van der Waals surface area contributed by atoms with E-state index in [4.69, 9.17) is 14.2 Å². The monoisotopic (exact) mass is 228 g/mol. The summed E-state index contributed by atoms with van der Waals surface area (Å²) < 4.78 is 16.6. The molecule has 1 heterocycles. The summed E-state index contributed by atoms with van der Waals surface area (Å²) in [6.07, 6.45) is 2.70. The molecule has 0 spiro atoms. The highest BCUT2D eigenvalue weighted by Crippen LogP contribution is 2.55. The van der Waals surface area contributed by atoms with Crippen LogP contribution in [0, 0.1) is 23.7 Å². The van der Waals surface area contributed by atoms with E-state index in [1.165, 1.54) is 6.42 Å². The van der Waals surface area contributed by atoms with Crippen molar-refractivity contribution in [2.45, 2.75) is 37.9 Å². The quantitative estimate of drug-likeness (QED) is 0.765. The molecule has 7 unspecified atom stereocenters. The van der Waals surface area contributed by atoms with E-state index in [1.807, 2.05) is 0 Å². The van der Waals surface area contributed by atoms with Crippen LogP contribution in [0.5, 0.6) is 0 Å². The van der Waals surface area contributed by atoms with Crippen LogP contribution < -0.4 is 0 Å². The molecule has 1 N–H and O–H groups in total. The number of hydrogen-bond acceptors (Lipinski definition) is 4. The van der Waals surface area contributed by atoms with Crippen LogP contribution in [0.2, 0.25) is 0 Å². The smallest absolute Gasteiger partial charge is 0.163 e. The predicted octanol–water partition coefficient (Wildman–Crippen LogP) is 0.985. The molecule has 2 bridgehead atoms. The van der Waals surface area contributed by atoms with Gasteiger partial charge in [-0.2, -0.15) is 0 Å². The molecule has 0 aromatic rings. The fourth-order valence-corrected chi connectivity index (χ4v) is 4.13. The van der Waals surface area contributed by atoms with Crippen molar-refractivity contribution in [1.29, 1.82) is 0 Å². The maximum absolute atomic E-state index is 10.1. The molecule has 1 aliphatic heterocycles. The summed E-state index contributed by atoms with van der Waals surface area (Å²) in [4.78, 5) is 0. The number of ether oxygens (including phenoxy) is 3. The van der Waals surface area contributed by atoms with Crippen LogP contribution in [0.15, 0.2) is 0 Å². The highest BCUT2D eigenvalue weighted by Gasteiger charge is 2.58. The minimum Gasteiger partial charge on any atom is -0.393 e. The van der Waals surface area contributed by atoms with Gasteiger partial charge in [-0.15, -0.1) is 0 Å². The first-order valence-corrected chi connectivity index (χ1v) is 6.15. The Labute approximate surface area is 95.9 Å². The molecule has 4 rings (SSSR count). The Bertz CT molecular complexity index is 270. The van der Waals surface area contributed by atoms with Gasteiger partial charge in [-0.25, -0.2) is 0 Å². The molecule has 92 valence electrons. The Balaban J connectivity index is 1.89. The largest absolute Gasteiger partial charge is 0.393 e. The summed E-state index contributed by atoms with van der Waals surface area (Å²) >= 11 is 0. The zero-order chi connectivity index (χ0) is 11.3. The summed E-state index contributed by atoms with van der Waals surface area (Å²) in [5, 5.41) is 10.1. The van der Waals surface area contributed by atoms with E-state index in [9.17, 15) is 5.11 Å². The van der Waals surface area contributed by atoms with E-state index in [0.717, 1.165) is 12.8 Å². The first kappa shape index (κ1) is 11.0. The first-order valence-electron chi connectivity index (χ1n) is 6.15. The van der Waals surface area contributed by atoms with Gasteiger partial charge in [-0.05, 0) is 31.1 Å². The SMILES string of the molecule is COC1OC(OC)C2C3CCC(CC3O)C12. The maximum Gasteiger partial charge on any atom is 0.163 e. The fourth-order valence-electron chi connectivity index (χ4n) is 4.13. The Morgan fingerprint density at radius 2 is 1.75 bits per heavy atom. The summed E-state index contributed by atoms with van der Waals surface area (Å²) in [6.45, 7) is 0. The minimum atomic E-state index is -0.197. The van der Waals surface area contributed by atoms with Gasteiger partial charge in [0.05, 0.1) is 6.10 Å². The van der Waals surface area contributed by atoms with Crippen molar-refractivity contribution in [3.63, 3.8) is 0 Å². The van der Waals surface area contributed by atoms with E-state index < -0.39 is 0 Å². The molecule has 0 aromatic heterocycles. The molecule has 0 amide bonds. The topological polar surface area (TPSA) is 47.9 Å². The lowest BCUT2D eigenvalue weighted by molar-refractivity contribution is -0.199. The molecule has 0 aromatic carbocycles. The number of methoxy groups -OCH3 is 2. The van der Waals surface area contributed by atoms with Crippen molar-refractivity contribution >= 4 is 0 Å². The number of aliphatic hydroxyl groups excluding tert-OH is 1. The van der Waals surface area contributed by atoms with E-state index in [2.05, 4.69) is 0 Å². The highest BCUT2D eigenvalue weighted by atomic mass is 16.8. The molecule has 7 atom stereocenters. The van der Waals surface area contributed by atoms with E-state index >= 15 is 0 Å². The molecule has 4 heteroatoms. The van der Waals surface area contributed by atoms with Gasteiger partial charge in [0.1, 0.15) is 0 Å². The van der Waals surface area contributed by atoms with Crippen LogP contribution >= 0.6 is 0 Å². The lowest BCUT2D eigenvalue weighted by Crippen LogP contribution is -2.50. The minimum absolute atomic E-state index is 0.143. The second-order valence-electron chi connectivity index (χ2n) is 5.30. The molecule has 4 fully saturated rings.